The van der Waals surface area contributed by atoms with Gasteiger partial charge < -0.3 is 4.90 Å². The second kappa shape index (κ2) is 7.61. The Balaban J connectivity index is 1.77. The first-order valence-corrected chi connectivity index (χ1v) is 8.69. The summed E-state index contributed by atoms with van der Waals surface area (Å²) in [4.78, 5) is 20.0. The fraction of sp³-hybridized carbons (Fsp3) is 0.421. The van der Waals surface area contributed by atoms with Crippen LogP contribution in [0, 0.1) is 17.0 Å². The molecule has 0 bridgehead atoms. The predicted molar refractivity (Wildman–Crippen MR) is 98.8 cm³/mol. The van der Waals surface area contributed by atoms with Crippen molar-refractivity contribution >= 4 is 11.5 Å². The number of pyridine rings is 1. The minimum absolute atomic E-state index is 0.131. The van der Waals surface area contributed by atoms with Crippen LogP contribution in [0.3, 0.4) is 0 Å². The number of rotatable bonds is 4. The molecule has 1 aromatic heterocycles. The zero-order chi connectivity index (χ0) is 17.8. The van der Waals surface area contributed by atoms with E-state index in [0.717, 1.165) is 32.6 Å². The number of benzene rings is 1. The smallest absolute Gasteiger partial charge is 0.314 e. The van der Waals surface area contributed by atoms with E-state index in [2.05, 4.69) is 46.0 Å². The fourth-order valence-corrected chi connectivity index (χ4v) is 3.36. The van der Waals surface area contributed by atoms with Gasteiger partial charge in [0, 0.05) is 44.0 Å². The zero-order valence-corrected chi connectivity index (χ0v) is 14.8. The largest absolute Gasteiger partial charge is 0.350 e. The summed E-state index contributed by atoms with van der Waals surface area (Å²) in [6.45, 7) is 7.29. The number of anilines is 1. The van der Waals surface area contributed by atoms with Gasteiger partial charge in [-0.2, -0.15) is 0 Å². The monoisotopic (exact) mass is 340 g/mol. The summed E-state index contributed by atoms with van der Waals surface area (Å²) in [5, 5.41) is 11.5. The van der Waals surface area contributed by atoms with E-state index in [0.29, 0.717) is 17.4 Å². The van der Waals surface area contributed by atoms with Crippen LogP contribution in [0.4, 0.5) is 11.5 Å². The van der Waals surface area contributed by atoms with E-state index in [1.165, 1.54) is 5.56 Å². The second-order valence-corrected chi connectivity index (χ2v) is 6.64. The number of hydrogen-bond donors (Lipinski definition) is 0. The highest BCUT2D eigenvalue weighted by Crippen LogP contribution is 2.30. The topological polar surface area (TPSA) is 62.5 Å². The van der Waals surface area contributed by atoms with Gasteiger partial charge in [0.2, 0.25) is 5.82 Å². The highest BCUT2D eigenvalue weighted by molar-refractivity contribution is 5.61. The Morgan fingerprint density at radius 2 is 1.96 bits per heavy atom. The molecule has 6 heteroatoms. The molecule has 1 atom stereocenters. The van der Waals surface area contributed by atoms with Crippen LogP contribution in [-0.2, 0) is 6.54 Å². The molecule has 1 aromatic carbocycles. The van der Waals surface area contributed by atoms with Crippen LogP contribution in [-0.4, -0.2) is 40.5 Å². The van der Waals surface area contributed by atoms with Crippen LogP contribution in [0.25, 0.3) is 0 Å². The molecule has 3 rings (SSSR count). The molecule has 1 aliphatic heterocycles. The second-order valence-electron chi connectivity index (χ2n) is 6.64. The van der Waals surface area contributed by atoms with E-state index in [-0.39, 0.29) is 10.6 Å². The summed E-state index contributed by atoms with van der Waals surface area (Å²) < 4.78 is 0. The lowest BCUT2D eigenvalue weighted by Crippen LogP contribution is -2.34. The molecule has 1 fully saturated rings. The van der Waals surface area contributed by atoms with Crippen LogP contribution in [0.15, 0.2) is 42.6 Å². The Kier molecular flexibility index (Phi) is 5.28. The molecule has 0 N–H and O–H groups in total. The van der Waals surface area contributed by atoms with Crippen molar-refractivity contribution in [1.29, 1.82) is 0 Å². The summed E-state index contributed by atoms with van der Waals surface area (Å²) in [6, 6.07) is 12.6. The van der Waals surface area contributed by atoms with E-state index >= 15 is 0 Å². The van der Waals surface area contributed by atoms with Crippen LogP contribution >= 0.6 is 0 Å². The average Bonchev–Trinajstić information content (AvgIpc) is 2.78. The third kappa shape index (κ3) is 3.96. The van der Waals surface area contributed by atoms with Crippen LogP contribution in [0.5, 0.6) is 0 Å². The minimum Gasteiger partial charge on any atom is -0.350 e. The van der Waals surface area contributed by atoms with Gasteiger partial charge in [-0.3, -0.25) is 15.0 Å². The van der Waals surface area contributed by atoms with Gasteiger partial charge in [-0.15, -0.1) is 0 Å². The lowest BCUT2D eigenvalue weighted by molar-refractivity contribution is -0.384. The van der Waals surface area contributed by atoms with Crippen molar-refractivity contribution in [2.45, 2.75) is 32.9 Å². The van der Waals surface area contributed by atoms with Gasteiger partial charge in [-0.25, -0.2) is 4.98 Å². The molecule has 132 valence electrons. The van der Waals surface area contributed by atoms with E-state index in [1.54, 1.807) is 19.2 Å². The number of nitro groups is 1. The molecule has 0 spiro atoms. The molecule has 1 saturated heterocycles. The first kappa shape index (κ1) is 17.4. The number of nitrogens with zero attached hydrogens (tertiary/aromatic N) is 4. The highest BCUT2D eigenvalue weighted by atomic mass is 16.6. The normalized spacial score (nSPS) is 18.8. The molecule has 0 radical (unpaired) electrons. The van der Waals surface area contributed by atoms with E-state index < -0.39 is 0 Å². The van der Waals surface area contributed by atoms with Crippen molar-refractivity contribution < 1.29 is 4.92 Å². The van der Waals surface area contributed by atoms with Gasteiger partial charge in [0.1, 0.15) is 0 Å². The molecular weight excluding hydrogens is 316 g/mol. The van der Waals surface area contributed by atoms with Crippen molar-refractivity contribution in [3.05, 3.63) is 63.8 Å². The number of aryl methyl sites for hydroxylation is 1. The van der Waals surface area contributed by atoms with Crippen LogP contribution < -0.4 is 4.90 Å². The minimum atomic E-state index is -0.312. The molecule has 6 nitrogen and oxygen atoms in total. The summed E-state index contributed by atoms with van der Waals surface area (Å²) in [5.41, 5.74) is 2.09. The molecule has 0 amide bonds. The number of aromatic nitrogens is 1. The standard InChI is InChI=1S/C19H24N4O2/c1-15-8-10-20-19(18(15)23(24)25)21-11-9-16(2)22(13-12-21)14-17-6-4-3-5-7-17/h3-8,10,16H,9,11-14H2,1-2H3. The summed E-state index contributed by atoms with van der Waals surface area (Å²) in [7, 11) is 0. The fourth-order valence-electron chi connectivity index (χ4n) is 3.36. The van der Waals surface area contributed by atoms with Crippen molar-refractivity contribution in [3.8, 4) is 0 Å². The van der Waals surface area contributed by atoms with E-state index in [1.807, 2.05) is 6.07 Å². The van der Waals surface area contributed by atoms with Crippen molar-refractivity contribution in [2.75, 3.05) is 24.5 Å². The average molecular weight is 340 g/mol. The molecule has 25 heavy (non-hydrogen) atoms. The maximum absolute atomic E-state index is 11.5. The molecule has 1 aliphatic rings. The molecule has 2 heterocycles. The van der Waals surface area contributed by atoms with Gasteiger partial charge in [0.05, 0.1) is 4.92 Å². The van der Waals surface area contributed by atoms with Crippen molar-refractivity contribution in [1.82, 2.24) is 9.88 Å². The predicted octanol–water partition coefficient (Wildman–Crippen LogP) is 3.40. The maximum atomic E-state index is 11.5. The van der Waals surface area contributed by atoms with Gasteiger partial charge in [-0.1, -0.05) is 30.3 Å². The van der Waals surface area contributed by atoms with Gasteiger partial charge >= 0.3 is 5.69 Å². The quantitative estimate of drug-likeness (QED) is 0.630. The van der Waals surface area contributed by atoms with E-state index in [9.17, 15) is 10.1 Å². The summed E-state index contributed by atoms with van der Waals surface area (Å²) >= 11 is 0. The van der Waals surface area contributed by atoms with Crippen molar-refractivity contribution in [2.24, 2.45) is 0 Å². The van der Waals surface area contributed by atoms with Gasteiger partial charge in [0.15, 0.2) is 0 Å². The first-order valence-electron chi connectivity index (χ1n) is 8.69. The molecular formula is C19H24N4O2. The van der Waals surface area contributed by atoms with Crippen LogP contribution in [0.1, 0.15) is 24.5 Å². The molecule has 0 aliphatic carbocycles. The molecule has 2 aromatic rings. The number of hydrogen-bond acceptors (Lipinski definition) is 5. The van der Waals surface area contributed by atoms with Crippen molar-refractivity contribution in [3.63, 3.8) is 0 Å². The summed E-state index contributed by atoms with van der Waals surface area (Å²) in [5.74, 6) is 0.499. The Bertz CT molecular complexity index is 735. The molecule has 1 unspecified atom stereocenters. The van der Waals surface area contributed by atoms with Gasteiger partial charge in [-0.05, 0) is 31.9 Å². The Labute approximate surface area is 148 Å². The van der Waals surface area contributed by atoms with Crippen LogP contribution in [0.2, 0.25) is 0 Å². The maximum Gasteiger partial charge on any atom is 0.314 e. The highest BCUT2D eigenvalue weighted by Gasteiger charge is 2.27. The first-order chi connectivity index (χ1) is 12.1. The lowest BCUT2D eigenvalue weighted by atomic mass is 10.1. The Morgan fingerprint density at radius 1 is 1.20 bits per heavy atom. The summed E-state index contributed by atoms with van der Waals surface area (Å²) in [6.07, 6.45) is 2.62. The van der Waals surface area contributed by atoms with E-state index in [4.69, 9.17) is 0 Å². The lowest BCUT2D eigenvalue weighted by Gasteiger charge is -2.26. The Hall–Kier alpha value is -2.47. The third-order valence-corrected chi connectivity index (χ3v) is 4.91. The van der Waals surface area contributed by atoms with Gasteiger partial charge in [0.25, 0.3) is 0 Å². The zero-order valence-electron chi connectivity index (χ0n) is 14.8. The Morgan fingerprint density at radius 3 is 2.68 bits per heavy atom. The molecule has 0 saturated carbocycles. The third-order valence-electron chi connectivity index (χ3n) is 4.91. The SMILES string of the molecule is Cc1ccnc(N2CCC(C)N(Cc3ccccc3)CC2)c1[N+](=O)[O-].